The molecule has 1 aliphatic rings. The molecule has 29 heavy (non-hydrogen) atoms. The molecular weight excluding hydrogens is 436 g/mol. The molecule has 0 N–H and O–H groups in total. The van der Waals surface area contributed by atoms with Crippen molar-refractivity contribution in [2.45, 2.75) is 6.54 Å². The van der Waals surface area contributed by atoms with Crippen molar-refractivity contribution >= 4 is 52.2 Å². The first kappa shape index (κ1) is 19.8. The minimum absolute atomic E-state index is 0.129. The average Bonchev–Trinajstić information content (AvgIpc) is 3.26. The van der Waals surface area contributed by atoms with Gasteiger partial charge in [-0.25, -0.2) is 4.39 Å². The second-order valence-electron chi connectivity index (χ2n) is 6.16. The molecule has 0 spiro atoms. The Kier molecular flexibility index (Phi) is 5.50. The zero-order valence-corrected chi connectivity index (χ0v) is 17.0. The summed E-state index contributed by atoms with van der Waals surface area (Å²) in [6.07, 6.45) is 1.48. The number of thioether (sulfide) groups is 1. The summed E-state index contributed by atoms with van der Waals surface area (Å²) < 4.78 is 19.6. The Morgan fingerprint density at radius 2 is 1.83 bits per heavy atom. The largest absolute Gasteiger partial charge is 0.457 e. The fourth-order valence-corrected chi connectivity index (χ4v) is 4.04. The lowest BCUT2D eigenvalue weighted by atomic mass is 10.2. The molecule has 4 nitrogen and oxygen atoms in total. The van der Waals surface area contributed by atoms with Crippen molar-refractivity contribution in [3.63, 3.8) is 0 Å². The lowest BCUT2D eigenvalue weighted by Gasteiger charge is -2.12. The zero-order chi connectivity index (χ0) is 20.5. The Morgan fingerprint density at radius 3 is 2.62 bits per heavy atom. The number of carbonyl (C=O) groups is 2. The van der Waals surface area contributed by atoms with Crippen LogP contribution in [0.5, 0.6) is 0 Å². The van der Waals surface area contributed by atoms with Crippen molar-refractivity contribution in [3.05, 3.63) is 86.7 Å². The SMILES string of the molecule is O=C1S/C(=C\c2ccc(-c3cccc(Cl)c3Cl)o2)C(=O)N1Cc1ccccc1F. The third-order valence-electron chi connectivity index (χ3n) is 4.28. The molecule has 4 rings (SSSR count). The van der Waals surface area contributed by atoms with Gasteiger partial charge in [0.05, 0.1) is 21.5 Å². The van der Waals surface area contributed by atoms with Crippen molar-refractivity contribution in [1.29, 1.82) is 0 Å². The first-order chi connectivity index (χ1) is 13.9. The van der Waals surface area contributed by atoms with E-state index >= 15 is 0 Å². The number of carbonyl (C=O) groups excluding carboxylic acids is 2. The number of imide groups is 1. The van der Waals surface area contributed by atoms with Crippen LogP contribution in [0.4, 0.5) is 9.18 Å². The van der Waals surface area contributed by atoms with Gasteiger partial charge in [0.1, 0.15) is 17.3 Å². The van der Waals surface area contributed by atoms with Gasteiger partial charge in [-0.15, -0.1) is 0 Å². The van der Waals surface area contributed by atoms with E-state index in [1.165, 1.54) is 18.2 Å². The molecule has 1 aliphatic heterocycles. The molecule has 146 valence electrons. The average molecular weight is 448 g/mol. The van der Waals surface area contributed by atoms with E-state index in [4.69, 9.17) is 27.6 Å². The van der Waals surface area contributed by atoms with E-state index in [-0.39, 0.29) is 17.0 Å². The Bertz CT molecular complexity index is 1160. The summed E-state index contributed by atoms with van der Waals surface area (Å²) in [7, 11) is 0. The fourth-order valence-electron chi connectivity index (χ4n) is 2.83. The van der Waals surface area contributed by atoms with E-state index < -0.39 is 17.0 Å². The smallest absolute Gasteiger partial charge is 0.293 e. The molecule has 0 radical (unpaired) electrons. The lowest BCUT2D eigenvalue weighted by molar-refractivity contribution is -0.123. The van der Waals surface area contributed by atoms with Crippen LogP contribution >= 0.6 is 35.0 Å². The van der Waals surface area contributed by atoms with Crippen molar-refractivity contribution in [1.82, 2.24) is 4.90 Å². The fraction of sp³-hybridized carbons (Fsp3) is 0.0476. The molecule has 1 fully saturated rings. The van der Waals surface area contributed by atoms with Crippen LogP contribution in [0, 0.1) is 5.82 Å². The van der Waals surface area contributed by atoms with Gasteiger partial charge in [0.2, 0.25) is 0 Å². The van der Waals surface area contributed by atoms with Crippen LogP contribution < -0.4 is 0 Å². The van der Waals surface area contributed by atoms with E-state index in [0.29, 0.717) is 27.1 Å². The summed E-state index contributed by atoms with van der Waals surface area (Å²) in [5.74, 6) is -0.103. The van der Waals surface area contributed by atoms with Crippen LogP contribution in [0.1, 0.15) is 11.3 Å². The van der Waals surface area contributed by atoms with E-state index in [9.17, 15) is 14.0 Å². The summed E-state index contributed by atoms with van der Waals surface area (Å²) in [5.41, 5.74) is 0.887. The van der Waals surface area contributed by atoms with Crippen molar-refractivity contribution in [2.75, 3.05) is 0 Å². The second kappa shape index (κ2) is 8.06. The monoisotopic (exact) mass is 447 g/mol. The number of furan rings is 1. The first-order valence-electron chi connectivity index (χ1n) is 8.47. The van der Waals surface area contributed by atoms with Crippen LogP contribution in [-0.4, -0.2) is 16.0 Å². The summed E-state index contributed by atoms with van der Waals surface area (Å²) >= 11 is 13.0. The van der Waals surface area contributed by atoms with Gasteiger partial charge in [-0.1, -0.05) is 47.5 Å². The van der Waals surface area contributed by atoms with Gasteiger partial charge in [-0.05, 0) is 42.1 Å². The van der Waals surface area contributed by atoms with E-state index in [2.05, 4.69) is 0 Å². The lowest BCUT2D eigenvalue weighted by Crippen LogP contribution is -2.27. The van der Waals surface area contributed by atoms with Crippen molar-refractivity contribution in [2.24, 2.45) is 0 Å². The molecular formula is C21H12Cl2FNO3S. The van der Waals surface area contributed by atoms with Crippen LogP contribution in [0.15, 0.2) is 63.9 Å². The highest BCUT2D eigenvalue weighted by Gasteiger charge is 2.35. The molecule has 2 amide bonds. The van der Waals surface area contributed by atoms with E-state index in [1.54, 1.807) is 42.5 Å². The quantitative estimate of drug-likeness (QED) is 0.421. The molecule has 2 heterocycles. The molecule has 0 aliphatic carbocycles. The van der Waals surface area contributed by atoms with Crippen LogP contribution in [0.25, 0.3) is 17.4 Å². The molecule has 2 aromatic carbocycles. The van der Waals surface area contributed by atoms with Crippen LogP contribution in [0.2, 0.25) is 10.0 Å². The predicted molar refractivity (Wildman–Crippen MR) is 112 cm³/mol. The third-order valence-corrected chi connectivity index (χ3v) is 6.00. The Balaban J connectivity index is 1.57. The molecule has 1 aromatic heterocycles. The van der Waals surface area contributed by atoms with Gasteiger partial charge in [0.15, 0.2) is 0 Å². The van der Waals surface area contributed by atoms with E-state index in [0.717, 1.165) is 16.7 Å². The summed E-state index contributed by atoms with van der Waals surface area (Å²) in [4.78, 5) is 26.1. The van der Waals surface area contributed by atoms with Gasteiger partial charge in [0.25, 0.3) is 11.1 Å². The highest BCUT2D eigenvalue weighted by molar-refractivity contribution is 8.18. The second-order valence-corrected chi connectivity index (χ2v) is 7.94. The highest BCUT2D eigenvalue weighted by Crippen LogP contribution is 2.37. The molecule has 0 saturated carbocycles. The maximum atomic E-state index is 13.9. The third kappa shape index (κ3) is 3.96. The normalized spacial score (nSPS) is 15.6. The number of benzene rings is 2. The number of hydrogen-bond acceptors (Lipinski definition) is 4. The highest BCUT2D eigenvalue weighted by atomic mass is 35.5. The number of amides is 2. The standard InChI is InChI=1S/C21H12Cl2FNO3S/c22-15-6-3-5-14(19(15)23)17-9-8-13(28-17)10-18-20(26)25(21(27)29-18)11-12-4-1-2-7-16(12)24/h1-10H,11H2/b18-10-. The maximum Gasteiger partial charge on any atom is 0.293 e. The Morgan fingerprint density at radius 1 is 1.03 bits per heavy atom. The molecule has 0 bridgehead atoms. The number of nitrogens with zero attached hydrogens (tertiary/aromatic N) is 1. The van der Waals surface area contributed by atoms with Gasteiger partial charge in [-0.3, -0.25) is 14.5 Å². The van der Waals surface area contributed by atoms with Gasteiger partial charge in [-0.2, -0.15) is 0 Å². The topological polar surface area (TPSA) is 50.5 Å². The summed E-state index contributed by atoms with van der Waals surface area (Å²) in [5, 5.41) is 0.297. The number of rotatable bonds is 4. The zero-order valence-electron chi connectivity index (χ0n) is 14.7. The van der Waals surface area contributed by atoms with Gasteiger partial charge >= 0.3 is 0 Å². The molecule has 0 atom stereocenters. The van der Waals surface area contributed by atoms with Gasteiger partial charge in [0, 0.05) is 17.2 Å². The maximum absolute atomic E-state index is 13.9. The first-order valence-corrected chi connectivity index (χ1v) is 10.0. The minimum atomic E-state index is -0.498. The Hall–Kier alpha value is -2.54. The molecule has 3 aromatic rings. The number of halogens is 3. The molecule has 8 heteroatoms. The minimum Gasteiger partial charge on any atom is -0.457 e. The van der Waals surface area contributed by atoms with Crippen LogP contribution in [0.3, 0.4) is 0 Å². The van der Waals surface area contributed by atoms with Crippen molar-refractivity contribution in [3.8, 4) is 11.3 Å². The van der Waals surface area contributed by atoms with E-state index in [1.807, 2.05) is 0 Å². The Labute approximate surface area is 179 Å². The molecule has 1 saturated heterocycles. The predicted octanol–water partition coefficient (Wildman–Crippen LogP) is 6.63. The summed E-state index contributed by atoms with van der Waals surface area (Å²) in [6, 6.07) is 14.6. The van der Waals surface area contributed by atoms with Gasteiger partial charge < -0.3 is 4.42 Å². The molecule has 0 unspecified atom stereocenters. The van der Waals surface area contributed by atoms with Crippen LogP contribution in [-0.2, 0) is 11.3 Å². The summed E-state index contributed by atoms with van der Waals surface area (Å²) in [6.45, 7) is -0.129. The number of hydrogen-bond donors (Lipinski definition) is 0. The van der Waals surface area contributed by atoms with Crippen molar-refractivity contribution < 1.29 is 18.4 Å².